The van der Waals surface area contributed by atoms with Crippen LogP contribution in [0.5, 0.6) is 11.5 Å². The van der Waals surface area contributed by atoms with Gasteiger partial charge in [0.25, 0.3) is 0 Å². The summed E-state index contributed by atoms with van der Waals surface area (Å²) >= 11 is 3.23. The molecule has 0 spiro atoms. The van der Waals surface area contributed by atoms with Crippen molar-refractivity contribution in [2.24, 2.45) is 5.10 Å². The molecule has 0 bridgehead atoms. The highest BCUT2D eigenvalue weighted by Gasteiger charge is 2.10. The fourth-order valence-electron chi connectivity index (χ4n) is 2.32. The van der Waals surface area contributed by atoms with Crippen molar-refractivity contribution in [3.63, 3.8) is 0 Å². The van der Waals surface area contributed by atoms with Gasteiger partial charge in [0.05, 0.1) is 17.3 Å². The number of ether oxygens (including phenoxy) is 1. The third-order valence-electron chi connectivity index (χ3n) is 3.87. The van der Waals surface area contributed by atoms with Crippen molar-refractivity contribution in [3.05, 3.63) is 51.5 Å². The first-order valence-corrected chi connectivity index (χ1v) is 9.43. The molecule has 0 saturated carbocycles. The zero-order valence-corrected chi connectivity index (χ0v) is 17.5. The molecule has 0 aliphatic carbocycles. The van der Waals surface area contributed by atoms with Crippen molar-refractivity contribution < 1.29 is 19.4 Å². The standard InChI is InChI=1S/C20H22BrN3O4/c1-4-28-17-9-14(8-16(21)20(17)27)11-22-24-19(26)10-18(25)23-15-6-5-12(2)13(3)7-15/h5-9,11,27H,4,10H2,1-3H3,(H,23,25)(H,24,26)/b22-11+. The Morgan fingerprint density at radius 2 is 1.93 bits per heavy atom. The molecule has 0 atom stereocenters. The number of amides is 2. The van der Waals surface area contributed by atoms with Crippen LogP contribution in [0.3, 0.4) is 0 Å². The van der Waals surface area contributed by atoms with E-state index in [-0.39, 0.29) is 12.2 Å². The minimum atomic E-state index is -0.541. The van der Waals surface area contributed by atoms with Gasteiger partial charge >= 0.3 is 0 Å². The lowest BCUT2D eigenvalue weighted by atomic mass is 10.1. The maximum atomic E-state index is 12.0. The van der Waals surface area contributed by atoms with E-state index in [1.54, 1.807) is 25.1 Å². The summed E-state index contributed by atoms with van der Waals surface area (Å²) in [7, 11) is 0. The molecule has 2 amide bonds. The highest BCUT2D eigenvalue weighted by molar-refractivity contribution is 9.10. The van der Waals surface area contributed by atoms with Crippen LogP contribution in [0.1, 0.15) is 30.0 Å². The van der Waals surface area contributed by atoms with Crippen molar-refractivity contribution in [1.29, 1.82) is 0 Å². The molecule has 8 heteroatoms. The van der Waals surface area contributed by atoms with Crippen LogP contribution in [0.15, 0.2) is 39.9 Å². The summed E-state index contributed by atoms with van der Waals surface area (Å²) in [6.07, 6.45) is 1.04. The minimum absolute atomic E-state index is 0.00829. The van der Waals surface area contributed by atoms with Crippen LogP contribution in [0.4, 0.5) is 5.69 Å². The number of nitrogens with zero attached hydrogens (tertiary/aromatic N) is 1. The first-order chi connectivity index (χ1) is 13.3. The summed E-state index contributed by atoms with van der Waals surface area (Å²) in [5.41, 5.74) is 5.73. The van der Waals surface area contributed by atoms with E-state index in [4.69, 9.17) is 4.74 Å². The highest BCUT2D eigenvalue weighted by Crippen LogP contribution is 2.35. The van der Waals surface area contributed by atoms with E-state index in [2.05, 4.69) is 31.8 Å². The Morgan fingerprint density at radius 3 is 2.61 bits per heavy atom. The predicted octanol–water partition coefficient (Wildman–Crippen LogP) is 3.65. The summed E-state index contributed by atoms with van der Waals surface area (Å²) in [4.78, 5) is 23.9. The fraction of sp³-hybridized carbons (Fsp3) is 0.250. The molecule has 148 valence electrons. The second kappa shape index (κ2) is 9.89. The number of halogens is 1. The van der Waals surface area contributed by atoms with Crippen molar-refractivity contribution in [1.82, 2.24) is 5.43 Å². The maximum Gasteiger partial charge on any atom is 0.249 e. The van der Waals surface area contributed by atoms with Crippen molar-refractivity contribution in [2.45, 2.75) is 27.2 Å². The van der Waals surface area contributed by atoms with E-state index in [1.807, 2.05) is 26.0 Å². The fourth-order valence-corrected chi connectivity index (χ4v) is 2.78. The van der Waals surface area contributed by atoms with Gasteiger partial charge in [-0.2, -0.15) is 5.10 Å². The first kappa shape index (κ1) is 21.4. The topological polar surface area (TPSA) is 100 Å². The molecular formula is C20H22BrN3O4. The van der Waals surface area contributed by atoms with Gasteiger partial charge < -0.3 is 15.2 Å². The van der Waals surface area contributed by atoms with Crippen LogP contribution in [0.2, 0.25) is 0 Å². The molecule has 3 N–H and O–H groups in total. The summed E-state index contributed by atoms with van der Waals surface area (Å²) in [5, 5.41) is 16.4. The number of hydrogen-bond acceptors (Lipinski definition) is 5. The molecule has 0 radical (unpaired) electrons. The van der Waals surface area contributed by atoms with Gasteiger partial charge in [-0.15, -0.1) is 0 Å². The normalized spacial score (nSPS) is 10.7. The van der Waals surface area contributed by atoms with E-state index in [0.29, 0.717) is 28.1 Å². The predicted molar refractivity (Wildman–Crippen MR) is 112 cm³/mol. The van der Waals surface area contributed by atoms with E-state index >= 15 is 0 Å². The van der Waals surface area contributed by atoms with Gasteiger partial charge in [-0.1, -0.05) is 6.07 Å². The van der Waals surface area contributed by atoms with Crippen LogP contribution >= 0.6 is 15.9 Å². The van der Waals surface area contributed by atoms with Crippen LogP contribution in [0.25, 0.3) is 0 Å². The molecule has 2 aromatic rings. The summed E-state index contributed by atoms with van der Waals surface area (Å²) in [5.74, 6) is -0.675. The SMILES string of the molecule is CCOc1cc(/C=N/NC(=O)CC(=O)Nc2ccc(C)c(C)c2)cc(Br)c1O. The number of aryl methyl sites for hydroxylation is 2. The summed E-state index contributed by atoms with van der Waals surface area (Å²) < 4.78 is 5.77. The van der Waals surface area contributed by atoms with E-state index < -0.39 is 11.8 Å². The number of nitrogens with one attached hydrogen (secondary N) is 2. The minimum Gasteiger partial charge on any atom is -0.503 e. The Morgan fingerprint density at radius 1 is 1.18 bits per heavy atom. The largest absolute Gasteiger partial charge is 0.503 e. The van der Waals surface area contributed by atoms with Gasteiger partial charge in [-0.05, 0) is 77.7 Å². The average Bonchev–Trinajstić information content (AvgIpc) is 2.62. The van der Waals surface area contributed by atoms with Crippen LogP contribution < -0.4 is 15.5 Å². The van der Waals surface area contributed by atoms with Crippen molar-refractivity contribution in [2.75, 3.05) is 11.9 Å². The van der Waals surface area contributed by atoms with Crippen LogP contribution in [-0.4, -0.2) is 29.7 Å². The third kappa shape index (κ3) is 6.09. The van der Waals surface area contributed by atoms with Gasteiger partial charge in [0, 0.05) is 5.69 Å². The molecule has 0 aromatic heterocycles. The summed E-state index contributed by atoms with van der Waals surface area (Å²) in [6, 6.07) is 8.75. The number of phenolic OH excluding ortho intramolecular Hbond substituents is 1. The quantitative estimate of drug-likeness (QED) is 0.342. The second-order valence-corrected chi connectivity index (χ2v) is 6.95. The zero-order chi connectivity index (χ0) is 20.7. The molecule has 0 unspecified atom stereocenters. The number of hydrazone groups is 1. The molecular weight excluding hydrogens is 426 g/mol. The smallest absolute Gasteiger partial charge is 0.249 e. The van der Waals surface area contributed by atoms with Gasteiger partial charge in [0.2, 0.25) is 11.8 Å². The Balaban J connectivity index is 1.91. The number of rotatable bonds is 7. The molecule has 2 rings (SSSR count). The van der Waals surface area contributed by atoms with E-state index in [0.717, 1.165) is 11.1 Å². The Labute approximate surface area is 171 Å². The molecule has 0 aliphatic rings. The molecule has 0 heterocycles. The molecule has 7 nitrogen and oxygen atoms in total. The molecule has 0 fully saturated rings. The monoisotopic (exact) mass is 447 g/mol. The lowest BCUT2D eigenvalue weighted by molar-refractivity contribution is -0.126. The highest BCUT2D eigenvalue weighted by atomic mass is 79.9. The average molecular weight is 448 g/mol. The number of phenols is 1. The number of benzene rings is 2. The molecule has 0 saturated heterocycles. The van der Waals surface area contributed by atoms with Gasteiger partial charge in [-0.3, -0.25) is 9.59 Å². The Bertz CT molecular complexity index is 913. The first-order valence-electron chi connectivity index (χ1n) is 8.64. The second-order valence-electron chi connectivity index (χ2n) is 6.10. The lowest BCUT2D eigenvalue weighted by Crippen LogP contribution is -2.24. The Hall–Kier alpha value is -2.87. The van der Waals surface area contributed by atoms with Crippen LogP contribution in [0, 0.1) is 13.8 Å². The maximum absolute atomic E-state index is 12.0. The number of carbonyl (C=O) groups is 2. The van der Waals surface area contributed by atoms with Gasteiger partial charge in [-0.25, -0.2) is 5.43 Å². The van der Waals surface area contributed by atoms with E-state index in [9.17, 15) is 14.7 Å². The lowest BCUT2D eigenvalue weighted by Gasteiger charge is -2.08. The third-order valence-corrected chi connectivity index (χ3v) is 4.47. The Kier molecular flexibility index (Phi) is 7.57. The van der Waals surface area contributed by atoms with Crippen LogP contribution in [-0.2, 0) is 9.59 Å². The number of hydrogen-bond donors (Lipinski definition) is 3. The molecule has 28 heavy (non-hydrogen) atoms. The number of carbonyl (C=O) groups excluding carboxylic acids is 2. The zero-order valence-electron chi connectivity index (χ0n) is 15.9. The summed E-state index contributed by atoms with van der Waals surface area (Å²) in [6.45, 7) is 6.13. The van der Waals surface area contributed by atoms with Crippen molar-refractivity contribution in [3.8, 4) is 11.5 Å². The van der Waals surface area contributed by atoms with Crippen molar-refractivity contribution >= 4 is 39.6 Å². The van der Waals surface area contributed by atoms with Gasteiger partial charge in [0.1, 0.15) is 6.42 Å². The number of anilines is 1. The molecule has 0 aliphatic heterocycles. The molecule has 2 aromatic carbocycles. The van der Waals surface area contributed by atoms with E-state index in [1.165, 1.54) is 6.21 Å². The number of aromatic hydroxyl groups is 1. The van der Waals surface area contributed by atoms with Gasteiger partial charge in [0.15, 0.2) is 11.5 Å².